The smallest absolute Gasteiger partial charge is 0.407 e. The van der Waals surface area contributed by atoms with Gasteiger partial charge in [-0.3, -0.25) is 14.3 Å². The number of hydrogen-bond donors (Lipinski definition) is 1. The van der Waals surface area contributed by atoms with Gasteiger partial charge in [0.25, 0.3) is 0 Å². The van der Waals surface area contributed by atoms with Gasteiger partial charge >= 0.3 is 6.09 Å². The molecule has 1 unspecified atom stereocenters. The van der Waals surface area contributed by atoms with E-state index in [1.54, 1.807) is 0 Å². The maximum atomic E-state index is 12.4. The summed E-state index contributed by atoms with van der Waals surface area (Å²) in [4.78, 5) is 20.5. The van der Waals surface area contributed by atoms with Crippen molar-refractivity contribution in [2.45, 2.75) is 57.7 Å². The molecule has 4 fully saturated rings. The number of quaternary nitrogens is 1. The third kappa shape index (κ3) is 4.09. The van der Waals surface area contributed by atoms with Gasteiger partial charge in [0.05, 0.1) is 19.1 Å². The van der Waals surface area contributed by atoms with Gasteiger partial charge in [-0.2, -0.15) is 0 Å². The van der Waals surface area contributed by atoms with E-state index in [-0.39, 0.29) is 6.09 Å². The monoisotopic (exact) mass is 428 g/mol. The molecule has 0 aliphatic carbocycles. The van der Waals surface area contributed by atoms with Crippen molar-refractivity contribution in [1.82, 2.24) is 20.0 Å². The maximum absolute atomic E-state index is 12.4. The number of nitrogens with zero attached hydrogens (tertiary/aromatic N) is 4. The topological polar surface area (TPSA) is 48.1 Å². The fourth-order valence-electron chi connectivity index (χ4n) is 6.45. The van der Waals surface area contributed by atoms with Gasteiger partial charge < -0.3 is 10.1 Å². The Morgan fingerprint density at radius 1 is 1.10 bits per heavy atom. The highest BCUT2D eigenvalue weighted by Crippen LogP contribution is 2.42. The molecule has 7 nitrogen and oxygen atoms in total. The molecule has 1 amide bonds. The van der Waals surface area contributed by atoms with Crippen LogP contribution in [0.4, 0.5) is 4.79 Å². The van der Waals surface area contributed by atoms with Gasteiger partial charge in [-0.1, -0.05) is 30.3 Å². The Balaban J connectivity index is 1.39. The third-order valence-corrected chi connectivity index (χ3v) is 7.55. The minimum absolute atomic E-state index is 0.301. The van der Waals surface area contributed by atoms with Crippen LogP contribution in [0.1, 0.15) is 32.8 Å². The second-order valence-corrected chi connectivity index (χ2v) is 10.8. The Hall–Kier alpha value is -1.67. The quantitative estimate of drug-likeness (QED) is 0.743. The zero-order valence-electron chi connectivity index (χ0n) is 19.3. The fraction of sp³-hybridized carbons (Fsp3) is 0.708. The summed E-state index contributed by atoms with van der Waals surface area (Å²) in [6, 6.07) is 11.3. The van der Waals surface area contributed by atoms with Gasteiger partial charge in [-0.25, -0.2) is 9.69 Å². The largest absolute Gasteiger partial charge is 0.444 e. The van der Waals surface area contributed by atoms with Crippen molar-refractivity contribution in [3.05, 3.63) is 35.9 Å². The highest BCUT2D eigenvalue weighted by Gasteiger charge is 2.62. The average molecular weight is 429 g/mol. The number of carbonyl (C=O) groups is 1. The van der Waals surface area contributed by atoms with Crippen LogP contribution in [0.5, 0.6) is 0 Å². The second-order valence-electron chi connectivity index (χ2n) is 10.8. The molecule has 1 aromatic rings. The normalized spacial score (nSPS) is 33.7. The lowest BCUT2D eigenvalue weighted by atomic mass is 10.0. The molecular formula is C24H38N5O2+. The number of rotatable bonds is 4. The molecule has 4 atom stereocenters. The van der Waals surface area contributed by atoms with Crippen molar-refractivity contribution < 1.29 is 14.0 Å². The van der Waals surface area contributed by atoms with Crippen molar-refractivity contribution in [2.75, 3.05) is 52.4 Å². The molecule has 1 N–H and O–H groups in total. The number of amides is 1. The first-order valence-electron chi connectivity index (χ1n) is 12.0. The molecular weight excluding hydrogens is 390 g/mol. The van der Waals surface area contributed by atoms with E-state index >= 15 is 0 Å². The van der Waals surface area contributed by atoms with Crippen LogP contribution in [-0.2, 0) is 11.3 Å². The summed E-state index contributed by atoms with van der Waals surface area (Å²) in [6.07, 6.45) is 1.97. The molecule has 0 radical (unpaired) electrons. The molecule has 4 heterocycles. The first-order valence-corrected chi connectivity index (χ1v) is 12.0. The predicted molar refractivity (Wildman–Crippen MR) is 120 cm³/mol. The van der Waals surface area contributed by atoms with Gasteiger partial charge in [0.15, 0.2) is 6.17 Å². The van der Waals surface area contributed by atoms with E-state index in [1.165, 1.54) is 38.2 Å². The Labute approximate surface area is 186 Å². The molecule has 4 aliphatic rings. The number of carbonyl (C=O) groups excluding carboxylic acids is 1. The van der Waals surface area contributed by atoms with Crippen LogP contribution in [0.25, 0.3) is 0 Å². The fourth-order valence-corrected chi connectivity index (χ4v) is 6.45. The maximum Gasteiger partial charge on any atom is 0.407 e. The summed E-state index contributed by atoms with van der Waals surface area (Å²) in [5.41, 5.74) is 0.955. The Morgan fingerprint density at radius 3 is 2.58 bits per heavy atom. The average Bonchev–Trinajstić information content (AvgIpc) is 3.05. The Morgan fingerprint density at radius 2 is 1.84 bits per heavy atom. The summed E-state index contributed by atoms with van der Waals surface area (Å²) in [7, 11) is 0. The number of nitrogens with one attached hydrogen (secondary N) is 1. The van der Waals surface area contributed by atoms with Crippen LogP contribution >= 0.6 is 0 Å². The molecule has 7 heteroatoms. The zero-order chi connectivity index (χ0) is 21.6. The second kappa shape index (κ2) is 8.03. The van der Waals surface area contributed by atoms with E-state index in [1.807, 2.05) is 20.8 Å². The molecule has 4 saturated heterocycles. The summed E-state index contributed by atoms with van der Waals surface area (Å²) in [5.74, 6) is 0. The van der Waals surface area contributed by atoms with Gasteiger partial charge in [-0.05, 0) is 27.2 Å². The lowest BCUT2D eigenvalue weighted by molar-refractivity contribution is -0.967. The van der Waals surface area contributed by atoms with Crippen LogP contribution in [0.15, 0.2) is 30.3 Å². The van der Waals surface area contributed by atoms with Gasteiger partial charge in [0.2, 0.25) is 0 Å². The number of piperazine rings is 2. The number of benzene rings is 1. The minimum atomic E-state index is -0.466. The molecule has 0 bridgehead atoms. The van der Waals surface area contributed by atoms with Gasteiger partial charge in [-0.15, -0.1) is 0 Å². The SMILES string of the molecule is CC(C)(C)OC(=O)NC[C@H]1C[N+]2(Cc3ccccc3)CCN3CCCN4CCN1[C@H]2[C@@H]43. The Bertz CT molecular complexity index is 791. The lowest BCUT2D eigenvalue weighted by Crippen LogP contribution is -2.77. The first-order chi connectivity index (χ1) is 14.8. The van der Waals surface area contributed by atoms with E-state index in [9.17, 15) is 4.79 Å². The van der Waals surface area contributed by atoms with E-state index < -0.39 is 5.60 Å². The van der Waals surface area contributed by atoms with E-state index in [2.05, 4.69) is 50.3 Å². The van der Waals surface area contributed by atoms with Gasteiger partial charge in [0, 0.05) is 44.8 Å². The van der Waals surface area contributed by atoms with E-state index in [0.29, 0.717) is 24.9 Å². The van der Waals surface area contributed by atoms with Crippen molar-refractivity contribution in [1.29, 1.82) is 0 Å². The molecule has 31 heavy (non-hydrogen) atoms. The van der Waals surface area contributed by atoms with Crippen LogP contribution in [0, 0.1) is 0 Å². The third-order valence-electron chi connectivity index (χ3n) is 7.55. The molecule has 4 aliphatic heterocycles. The first kappa shape index (κ1) is 21.2. The molecule has 5 rings (SSSR count). The van der Waals surface area contributed by atoms with Crippen LogP contribution < -0.4 is 5.32 Å². The number of alkyl carbamates (subject to hydrolysis) is 1. The summed E-state index contributed by atoms with van der Waals surface area (Å²) in [5, 5.41) is 3.09. The predicted octanol–water partition coefficient (Wildman–Crippen LogP) is 1.90. The molecule has 0 spiro atoms. The van der Waals surface area contributed by atoms with Crippen molar-refractivity contribution in [3.63, 3.8) is 0 Å². The molecule has 0 aromatic heterocycles. The van der Waals surface area contributed by atoms with Crippen molar-refractivity contribution >= 4 is 6.09 Å². The highest BCUT2D eigenvalue weighted by molar-refractivity contribution is 5.67. The summed E-state index contributed by atoms with van der Waals surface area (Å²) >= 11 is 0. The van der Waals surface area contributed by atoms with Crippen LogP contribution in [0.3, 0.4) is 0 Å². The highest BCUT2D eigenvalue weighted by atomic mass is 16.6. The molecule has 170 valence electrons. The zero-order valence-corrected chi connectivity index (χ0v) is 19.3. The number of hydrogen-bond acceptors (Lipinski definition) is 5. The minimum Gasteiger partial charge on any atom is -0.444 e. The standard InChI is InChI=1S/C24H37N5O2/c1-24(2,3)31-23(30)25-16-20-18-29(17-19-8-5-4-6-9-19)15-14-27-11-7-10-26-12-13-28(20)22(29)21(26)27/h4-6,8-9,20-22H,7,10-18H2,1-3H3/p+1/t20-,21-,22+,29?/m0/s1. The van der Waals surface area contributed by atoms with E-state index in [0.717, 1.165) is 30.7 Å². The van der Waals surface area contributed by atoms with E-state index in [4.69, 9.17) is 4.74 Å². The van der Waals surface area contributed by atoms with Crippen LogP contribution in [0.2, 0.25) is 0 Å². The lowest BCUT2D eigenvalue weighted by Gasteiger charge is -2.59. The Kier molecular flexibility index (Phi) is 5.49. The van der Waals surface area contributed by atoms with Gasteiger partial charge in [0.1, 0.15) is 18.3 Å². The summed E-state index contributed by atoms with van der Waals surface area (Å²) < 4.78 is 6.62. The number of ether oxygens (including phenoxy) is 1. The molecule has 0 saturated carbocycles. The van der Waals surface area contributed by atoms with Crippen molar-refractivity contribution in [3.8, 4) is 0 Å². The van der Waals surface area contributed by atoms with Crippen molar-refractivity contribution in [2.24, 2.45) is 0 Å². The molecule has 1 aromatic carbocycles. The summed E-state index contributed by atoms with van der Waals surface area (Å²) in [6.45, 7) is 15.6. The van der Waals surface area contributed by atoms with Crippen LogP contribution in [-0.4, -0.2) is 102 Å².